The molecule has 0 radical (unpaired) electrons. The summed E-state index contributed by atoms with van der Waals surface area (Å²) in [7, 11) is -0.694. The normalized spacial score (nSPS) is 18.7. The van der Waals surface area contributed by atoms with Crippen LogP contribution in [-0.4, -0.2) is 41.9 Å². The third kappa shape index (κ3) is 3.88. The summed E-state index contributed by atoms with van der Waals surface area (Å²) < 4.78 is 43.4. The molecule has 1 aromatic carbocycles. The van der Waals surface area contributed by atoms with E-state index in [2.05, 4.69) is 20.7 Å². The highest BCUT2D eigenvalue weighted by atomic mass is 79.9. The lowest BCUT2D eigenvalue weighted by Crippen LogP contribution is -2.32. The van der Waals surface area contributed by atoms with E-state index in [1.165, 1.54) is 20.3 Å². The lowest BCUT2D eigenvalue weighted by atomic mass is 10.2. The maximum Gasteiger partial charge on any atom is 0.241 e. The molecule has 1 fully saturated rings. The molecule has 1 aliphatic rings. The molecular formula is C13H18BrNO5S. The molecule has 21 heavy (non-hydrogen) atoms. The number of ether oxygens (including phenoxy) is 3. The molecule has 1 atom stereocenters. The van der Waals surface area contributed by atoms with Gasteiger partial charge >= 0.3 is 0 Å². The van der Waals surface area contributed by atoms with Crippen molar-refractivity contribution in [1.29, 1.82) is 0 Å². The van der Waals surface area contributed by atoms with E-state index in [1.807, 2.05) is 0 Å². The molecule has 8 heteroatoms. The van der Waals surface area contributed by atoms with Gasteiger partial charge in [0.25, 0.3) is 0 Å². The predicted octanol–water partition coefficient (Wildman–Crippen LogP) is 1.92. The van der Waals surface area contributed by atoms with Gasteiger partial charge in [-0.25, -0.2) is 13.1 Å². The van der Waals surface area contributed by atoms with Crippen LogP contribution >= 0.6 is 15.9 Å². The van der Waals surface area contributed by atoms with Crippen LogP contribution in [0.15, 0.2) is 21.5 Å². The molecule has 0 aliphatic carbocycles. The van der Waals surface area contributed by atoms with Gasteiger partial charge in [0.2, 0.25) is 10.0 Å². The quantitative estimate of drug-likeness (QED) is 0.817. The molecule has 1 N–H and O–H groups in total. The average molecular weight is 380 g/mol. The highest BCUT2D eigenvalue weighted by molar-refractivity contribution is 9.10. The zero-order chi connectivity index (χ0) is 15.5. The van der Waals surface area contributed by atoms with Crippen LogP contribution in [0.5, 0.6) is 11.5 Å². The standard InChI is InChI=1S/C13H18BrNO5S/c1-18-11-6-10(14)13(7-12(11)19-2)21(16,17)15-8-9-4-3-5-20-9/h6-7,9,15H,3-5,8H2,1-2H3. The van der Waals surface area contributed by atoms with E-state index < -0.39 is 10.0 Å². The van der Waals surface area contributed by atoms with Gasteiger partial charge in [0.1, 0.15) is 4.90 Å². The molecule has 0 bridgehead atoms. The second kappa shape index (κ2) is 6.95. The molecular weight excluding hydrogens is 362 g/mol. The fraction of sp³-hybridized carbons (Fsp3) is 0.538. The van der Waals surface area contributed by atoms with Gasteiger partial charge in [-0.05, 0) is 34.8 Å². The van der Waals surface area contributed by atoms with Gasteiger partial charge in [-0.2, -0.15) is 0 Å². The second-order valence-electron chi connectivity index (χ2n) is 4.62. The average Bonchev–Trinajstić information content (AvgIpc) is 2.98. The maximum absolute atomic E-state index is 12.4. The molecule has 1 aliphatic heterocycles. The smallest absolute Gasteiger partial charge is 0.241 e. The van der Waals surface area contributed by atoms with Gasteiger partial charge in [0, 0.05) is 23.7 Å². The lowest BCUT2D eigenvalue weighted by Gasteiger charge is -2.14. The van der Waals surface area contributed by atoms with Crippen LogP contribution in [0.3, 0.4) is 0 Å². The fourth-order valence-corrected chi connectivity index (χ4v) is 4.23. The third-order valence-electron chi connectivity index (χ3n) is 3.25. The van der Waals surface area contributed by atoms with E-state index in [9.17, 15) is 8.42 Å². The Morgan fingerprint density at radius 1 is 1.33 bits per heavy atom. The molecule has 2 rings (SSSR count). The molecule has 6 nitrogen and oxygen atoms in total. The SMILES string of the molecule is COc1cc(Br)c(S(=O)(=O)NCC2CCCO2)cc1OC. The lowest BCUT2D eigenvalue weighted by molar-refractivity contribution is 0.114. The summed E-state index contributed by atoms with van der Waals surface area (Å²) >= 11 is 3.25. The van der Waals surface area contributed by atoms with E-state index in [4.69, 9.17) is 14.2 Å². The summed E-state index contributed by atoms with van der Waals surface area (Å²) in [4.78, 5) is 0.109. The molecule has 0 spiro atoms. The van der Waals surface area contributed by atoms with Crippen molar-refractivity contribution < 1.29 is 22.6 Å². The predicted molar refractivity (Wildman–Crippen MR) is 81.4 cm³/mol. The minimum atomic E-state index is -3.65. The Labute approximate surface area is 132 Å². The van der Waals surface area contributed by atoms with Crippen molar-refractivity contribution in [3.63, 3.8) is 0 Å². The summed E-state index contributed by atoms with van der Waals surface area (Å²) in [6.45, 7) is 0.954. The Hall–Kier alpha value is -0.830. The number of sulfonamides is 1. The van der Waals surface area contributed by atoms with E-state index in [0.717, 1.165) is 12.8 Å². The topological polar surface area (TPSA) is 73.9 Å². The Kier molecular flexibility index (Phi) is 5.48. The summed E-state index contributed by atoms with van der Waals surface area (Å²) in [5.41, 5.74) is 0. The minimum absolute atomic E-state index is 0.0568. The first kappa shape index (κ1) is 16.5. The zero-order valence-corrected chi connectivity index (χ0v) is 14.3. The number of halogens is 1. The molecule has 1 saturated heterocycles. The molecule has 1 heterocycles. The van der Waals surface area contributed by atoms with E-state index >= 15 is 0 Å². The van der Waals surface area contributed by atoms with Crippen LogP contribution in [0.1, 0.15) is 12.8 Å². The first-order chi connectivity index (χ1) is 9.97. The summed E-state index contributed by atoms with van der Waals surface area (Å²) in [5.74, 6) is 0.820. The van der Waals surface area contributed by atoms with Crippen LogP contribution in [0, 0.1) is 0 Å². The Morgan fingerprint density at radius 2 is 2.00 bits per heavy atom. The summed E-state index contributed by atoms with van der Waals surface area (Å²) in [6.07, 6.45) is 1.78. The number of benzene rings is 1. The molecule has 0 saturated carbocycles. The largest absolute Gasteiger partial charge is 0.493 e. The highest BCUT2D eigenvalue weighted by Crippen LogP contribution is 2.35. The third-order valence-corrected chi connectivity index (χ3v) is 5.63. The first-order valence-corrected chi connectivity index (χ1v) is 8.78. The van der Waals surface area contributed by atoms with Gasteiger partial charge < -0.3 is 14.2 Å². The van der Waals surface area contributed by atoms with Crippen molar-refractivity contribution in [3.8, 4) is 11.5 Å². The van der Waals surface area contributed by atoms with Crippen LogP contribution < -0.4 is 14.2 Å². The van der Waals surface area contributed by atoms with Crippen LogP contribution in [0.4, 0.5) is 0 Å². The van der Waals surface area contributed by atoms with Gasteiger partial charge in [-0.3, -0.25) is 0 Å². The van der Waals surface area contributed by atoms with Crippen molar-refractivity contribution in [3.05, 3.63) is 16.6 Å². The Balaban J connectivity index is 2.22. The van der Waals surface area contributed by atoms with Crippen molar-refractivity contribution >= 4 is 26.0 Å². The summed E-state index contributed by atoms with van der Waals surface area (Å²) in [5, 5.41) is 0. The first-order valence-electron chi connectivity index (χ1n) is 6.50. The second-order valence-corrected chi connectivity index (χ2v) is 7.21. The van der Waals surface area contributed by atoms with E-state index in [0.29, 0.717) is 22.6 Å². The van der Waals surface area contributed by atoms with Crippen LogP contribution in [0.2, 0.25) is 0 Å². The summed E-state index contributed by atoms with van der Waals surface area (Å²) in [6, 6.07) is 3.00. The monoisotopic (exact) mass is 379 g/mol. The van der Waals surface area contributed by atoms with Gasteiger partial charge in [-0.1, -0.05) is 0 Å². The van der Waals surface area contributed by atoms with Crippen molar-refractivity contribution in [1.82, 2.24) is 4.72 Å². The molecule has 118 valence electrons. The van der Waals surface area contributed by atoms with Crippen LogP contribution in [0.25, 0.3) is 0 Å². The van der Waals surface area contributed by atoms with Gasteiger partial charge in [-0.15, -0.1) is 0 Å². The number of nitrogens with one attached hydrogen (secondary N) is 1. The van der Waals surface area contributed by atoms with Crippen molar-refractivity contribution in [2.24, 2.45) is 0 Å². The molecule has 1 aromatic rings. The number of methoxy groups -OCH3 is 2. The van der Waals surface area contributed by atoms with Gasteiger partial charge in [0.15, 0.2) is 11.5 Å². The number of hydrogen-bond acceptors (Lipinski definition) is 5. The minimum Gasteiger partial charge on any atom is -0.493 e. The van der Waals surface area contributed by atoms with E-state index in [1.54, 1.807) is 6.07 Å². The van der Waals surface area contributed by atoms with Gasteiger partial charge in [0.05, 0.1) is 20.3 Å². The maximum atomic E-state index is 12.4. The van der Waals surface area contributed by atoms with Crippen LogP contribution in [-0.2, 0) is 14.8 Å². The van der Waals surface area contributed by atoms with E-state index in [-0.39, 0.29) is 17.5 Å². The number of rotatable bonds is 6. The zero-order valence-electron chi connectivity index (χ0n) is 11.9. The van der Waals surface area contributed by atoms with Crippen molar-refractivity contribution in [2.45, 2.75) is 23.8 Å². The fourth-order valence-electron chi connectivity index (χ4n) is 2.13. The van der Waals surface area contributed by atoms with Crippen molar-refractivity contribution in [2.75, 3.05) is 27.4 Å². The Morgan fingerprint density at radius 3 is 2.57 bits per heavy atom. The molecule has 1 unspecified atom stereocenters. The number of hydrogen-bond donors (Lipinski definition) is 1. The molecule has 0 aromatic heterocycles. The Bertz CT molecular complexity index is 599. The molecule has 0 amide bonds. The highest BCUT2D eigenvalue weighted by Gasteiger charge is 2.23.